The first kappa shape index (κ1) is 13.2. The molecule has 3 nitrogen and oxygen atoms in total. The predicted molar refractivity (Wildman–Crippen MR) is 66.6 cm³/mol. The molecule has 0 spiro atoms. The van der Waals surface area contributed by atoms with E-state index in [1.807, 2.05) is 12.1 Å². The Hall–Kier alpha value is -0.870. The molecule has 1 fully saturated rings. The van der Waals surface area contributed by atoms with Gasteiger partial charge in [-0.15, -0.1) is 12.4 Å². The number of allylic oxidation sites excluding steroid dienone is 1. The van der Waals surface area contributed by atoms with Crippen LogP contribution in [0.3, 0.4) is 0 Å². The van der Waals surface area contributed by atoms with E-state index in [2.05, 4.69) is 20.9 Å². The number of carbonyl (C=O) groups is 1. The van der Waals surface area contributed by atoms with Crippen LogP contribution in [0.5, 0.6) is 0 Å². The minimum atomic E-state index is -0.194. The molecule has 1 atom stereocenters. The number of ether oxygens (including phenoxy) is 1. The van der Waals surface area contributed by atoms with Gasteiger partial charge in [0.05, 0.1) is 5.92 Å². The molecular formula is C11H11BrClNO2. The van der Waals surface area contributed by atoms with Gasteiger partial charge in [0, 0.05) is 23.8 Å². The number of hydrogen-bond donors (Lipinski definition) is 0. The number of rotatable bonds is 1. The summed E-state index contributed by atoms with van der Waals surface area (Å²) in [5, 5.41) is 0. The molecule has 1 unspecified atom stereocenters. The van der Waals surface area contributed by atoms with Gasteiger partial charge >= 0.3 is 5.97 Å². The van der Waals surface area contributed by atoms with Crippen LogP contribution in [0.2, 0.25) is 0 Å². The Balaban J connectivity index is 0.00000128. The Bertz CT molecular complexity index is 394. The van der Waals surface area contributed by atoms with Crippen LogP contribution in [-0.2, 0) is 9.53 Å². The van der Waals surface area contributed by atoms with Gasteiger partial charge in [-0.1, -0.05) is 22.0 Å². The van der Waals surface area contributed by atoms with E-state index in [0.717, 1.165) is 18.4 Å². The van der Waals surface area contributed by atoms with Crippen molar-refractivity contribution >= 4 is 34.3 Å². The summed E-state index contributed by atoms with van der Waals surface area (Å²) in [5.74, 6) is 0.329. The standard InChI is InChI=1S/C11H10BrNO2.ClH/c12-6-9-3-4-10(11(14)15-9)8-2-1-5-13-7-8;/h1-2,5-7,10H,3-4H2;1H. The van der Waals surface area contributed by atoms with Crippen molar-refractivity contribution in [1.82, 2.24) is 4.98 Å². The number of carbonyl (C=O) groups excluding carboxylic acids is 1. The Labute approximate surface area is 108 Å². The summed E-state index contributed by atoms with van der Waals surface area (Å²) in [6, 6.07) is 3.74. The molecule has 1 aromatic heterocycles. The van der Waals surface area contributed by atoms with E-state index in [9.17, 15) is 4.79 Å². The van der Waals surface area contributed by atoms with Crippen molar-refractivity contribution in [1.29, 1.82) is 0 Å². The monoisotopic (exact) mass is 303 g/mol. The first-order valence-electron chi connectivity index (χ1n) is 4.72. The fraction of sp³-hybridized carbons (Fsp3) is 0.273. The third-order valence-electron chi connectivity index (χ3n) is 2.40. The van der Waals surface area contributed by atoms with Crippen molar-refractivity contribution < 1.29 is 9.53 Å². The summed E-state index contributed by atoms with van der Waals surface area (Å²) in [7, 11) is 0. The van der Waals surface area contributed by atoms with E-state index in [1.165, 1.54) is 0 Å². The first-order valence-corrected chi connectivity index (χ1v) is 5.63. The van der Waals surface area contributed by atoms with E-state index in [4.69, 9.17) is 4.74 Å². The highest BCUT2D eigenvalue weighted by atomic mass is 79.9. The van der Waals surface area contributed by atoms with Crippen LogP contribution >= 0.6 is 28.3 Å². The van der Waals surface area contributed by atoms with Gasteiger partial charge in [0.15, 0.2) is 0 Å². The quantitative estimate of drug-likeness (QED) is 0.748. The molecule has 5 heteroatoms. The van der Waals surface area contributed by atoms with Gasteiger partial charge in [-0.25, -0.2) is 0 Å². The van der Waals surface area contributed by atoms with Gasteiger partial charge in [-0.05, 0) is 18.1 Å². The van der Waals surface area contributed by atoms with Crippen LogP contribution in [0.4, 0.5) is 0 Å². The van der Waals surface area contributed by atoms with E-state index in [0.29, 0.717) is 5.76 Å². The van der Waals surface area contributed by atoms with E-state index < -0.39 is 0 Å². The number of hydrogen-bond acceptors (Lipinski definition) is 3. The third-order valence-corrected chi connectivity index (χ3v) is 2.91. The average Bonchev–Trinajstić information content (AvgIpc) is 2.30. The second-order valence-electron chi connectivity index (χ2n) is 3.37. The molecule has 0 aromatic carbocycles. The third kappa shape index (κ3) is 2.83. The normalized spacial score (nSPS) is 22.4. The van der Waals surface area contributed by atoms with Crippen molar-refractivity contribution in [2.45, 2.75) is 18.8 Å². The van der Waals surface area contributed by atoms with Crippen LogP contribution in [0.15, 0.2) is 35.3 Å². The average molecular weight is 305 g/mol. The molecule has 1 saturated heterocycles. The van der Waals surface area contributed by atoms with Crippen LogP contribution in [0, 0.1) is 0 Å². The maximum atomic E-state index is 11.7. The lowest BCUT2D eigenvalue weighted by molar-refractivity contribution is -0.143. The molecule has 16 heavy (non-hydrogen) atoms. The number of aromatic nitrogens is 1. The van der Waals surface area contributed by atoms with E-state index >= 15 is 0 Å². The second-order valence-corrected chi connectivity index (χ2v) is 3.83. The molecule has 2 rings (SSSR count). The lowest BCUT2D eigenvalue weighted by Crippen LogP contribution is -2.21. The van der Waals surface area contributed by atoms with Gasteiger partial charge < -0.3 is 4.74 Å². The number of nitrogens with zero attached hydrogens (tertiary/aromatic N) is 1. The summed E-state index contributed by atoms with van der Waals surface area (Å²) in [4.78, 5) is 17.3. The van der Waals surface area contributed by atoms with Gasteiger partial charge in [-0.2, -0.15) is 0 Å². The van der Waals surface area contributed by atoms with Crippen LogP contribution in [0.25, 0.3) is 0 Å². The molecule has 1 aliphatic heterocycles. The van der Waals surface area contributed by atoms with Crippen LogP contribution in [0.1, 0.15) is 24.3 Å². The molecule has 0 aliphatic carbocycles. The van der Waals surface area contributed by atoms with Gasteiger partial charge in [-0.3, -0.25) is 9.78 Å². The maximum absolute atomic E-state index is 11.7. The lowest BCUT2D eigenvalue weighted by Gasteiger charge is -2.22. The summed E-state index contributed by atoms with van der Waals surface area (Å²) >= 11 is 3.16. The number of cyclic esters (lactones) is 1. The Kier molecular flexibility index (Phi) is 4.96. The smallest absolute Gasteiger partial charge is 0.318 e. The zero-order valence-corrected chi connectivity index (χ0v) is 10.8. The number of pyridine rings is 1. The Morgan fingerprint density at radius 1 is 1.56 bits per heavy atom. The predicted octanol–water partition coefficient (Wildman–Crippen LogP) is 3.16. The molecule has 0 radical (unpaired) electrons. The van der Waals surface area contributed by atoms with Crippen LogP contribution < -0.4 is 0 Å². The molecule has 0 bridgehead atoms. The fourth-order valence-corrected chi connectivity index (χ4v) is 1.94. The molecule has 0 amide bonds. The van der Waals surface area contributed by atoms with Crippen molar-refractivity contribution in [3.05, 3.63) is 40.8 Å². The van der Waals surface area contributed by atoms with Crippen LogP contribution in [-0.4, -0.2) is 11.0 Å². The van der Waals surface area contributed by atoms with Crippen molar-refractivity contribution in [2.75, 3.05) is 0 Å². The van der Waals surface area contributed by atoms with Crippen molar-refractivity contribution in [2.24, 2.45) is 0 Å². The molecule has 86 valence electrons. The molecule has 1 aromatic rings. The Morgan fingerprint density at radius 3 is 2.94 bits per heavy atom. The summed E-state index contributed by atoms with van der Waals surface area (Å²) in [6.45, 7) is 0. The van der Waals surface area contributed by atoms with Crippen molar-refractivity contribution in [3.63, 3.8) is 0 Å². The summed E-state index contributed by atoms with van der Waals surface area (Å²) < 4.78 is 5.15. The Morgan fingerprint density at radius 2 is 2.38 bits per heavy atom. The fourth-order valence-electron chi connectivity index (χ4n) is 1.62. The first-order chi connectivity index (χ1) is 7.31. The number of esters is 1. The zero-order valence-electron chi connectivity index (χ0n) is 8.43. The van der Waals surface area contributed by atoms with E-state index in [-0.39, 0.29) is 24.3 Å². The van der Waals surface area contributed by atoms with Crippen molar-refractivity contribution in [3.8, 4) is 0 Å². The summed E-state index contributed by atoms with van der Waals surface area (Å²) in [6.07, 6.45) is 4.97. The van der Waals surface area contributed by atoms with Gasteiger partial charge in [0.2, 0.25) is 0 Å². The van der Waals surface area contributed by atoms with Gasteiger partial charge in [0.25, 0.3) is 0 Å². The minimum absolute atomic E-state index is 0. The zero-order chi connectivity index (χ0) is 10.7. The minimum Gasteiger partial charge on any atom is -0.430 e. The van der Waals surface area contributed by atoms with E-state index in [1.54, 1.807) is 17.4 Å². The SMILES string of the molecule is Cl.O=C1OC(=CBr)CCC1c1cccnc1. The highest BCUT2D eigenvalue weighted by molar-refractivity contribution is 9.11. The largest absolute Gasteiger partial charge is 0.430 e. The molecule has 2 heterocycles. The molecule has 1 aliphatic rings. The van der Waals surface area contributed by atoms with Gasteiger partial charge in [0.1, 0.15) is 5.76 Å². The maximum Gasteiger partial charge on any atom is 0.318 e. The highest BCUT2D eigenvalue weighted by Gasteiger charge is 2.28. The molecule has 0 saturated carbocycles. The number of halogens is 2. The molecule has 0 N–H and O–H groups in total. The topological polar surface area (TPSA) is 39.2 Å². The molecular weight excluding hydrogens is 293 g/mol. The second kappa shape index (κ2) is 6.01. The highest BCUT2D eigenvalue weighted by Crippen LogP contribution is 2.30. The lowest BCUT2D eigenvalue weighted by atomic mass is 9.93. The summed E-state index contributed by atoms with van der Waals surface area (Å²) in [5.41, 5.74) is 0.927.